The number of halogens is 2. The predicted octanol–water partition coefficient (Wildman–Crippen LogP) is 6.48. The van der Waals surface area contributed by atoms with Crippen LogP contribution in [0.4, 0.5) is 9.52 Å². The van der Waals surface area contributed by atoms with Crippen LogP contribution < -0.4 is 10.3 Å². The molecular weight excluding hydrogens is 521 g/mol. The number of amides is 1. The number of carbonyl (C=O) groups is 1. The van der Waals surface area contributed by atoms with Gasteiger partial charge in [-0.05, 0) is 41.5 Å². The summed E-state index contributed by atoms with van der Waals surface area (Å²) >= 11 is 9.01. The fourth-order valence-electron chi connectivity index (χ4n) is 4.21. The normalized spacial score (nSPS) is 15.0. The number of hydrogen-bond donors (Lipinski definition) is 0. The molecule has 6 rings (SSSR count). The van der Waals surface area contributed by atoms with E-state index in [4.69, 9.17) is 16.0 Å². The summed E-state index contributed by atoms with van der Waals surface area (Å²) in [6, 6.07) is 19.6. The number of nitrogens with zero attached hydrogens (tertiary/aromatic N) is 3. The summed E-state index contributed by atoms with van der Waals surface area (Å²) in [4.78, 5) is 28.6. The standard InChI is InChI=1S/C26H15ClFN3O3S2/c27-16-8-4-7-15(11-16)21-20-22(32)18-12-17(28)9-10-19(18)34-23(20)24(33)31(21)25-29-30-26(36-25)35-13-14-5-2-1-3-6-14/h1-12,21H,13H2. The molecule has 3 aromatic carbocycles. The van der Waals surface area contributed by atoms with Gasteiger partial charge in [0.2, 0.25) is 10.9 Å². The Kier molecular flexibility index (Phi) is 5.83. The fourth-order valence-corrected chi connectivity index (χ4v) is 6.23. The van der Waals surface area contributed by atoms with E-state index >= 15 is 0 Å². The molecule has 1 unspecified atom stereocenters. The van der Waals surface area contributed by atoms with Crippen molar-refractivity contribution in [2.45, 2.75) is 16.1 Å². The molecule has 0 spiro atoms. The Morgan fingerprint density at radius 2 is 1.86 bits per heavy atom. The van der Waals surface area contributed by atoms with Crippen LogP contribution in [0.25, 0.3) is 11.0 Å². The predicted molar refractivity (Wildman–Crippen MR) is 138 cm³/mol. The average molecular weight is 536 g/mol. The second-order valence-electron chi connectivity index (χ2n) is 8.07. The number of thioether (sulfide) groups is 1. The monoisotopic (exact) mass is 535 g/mol. The van der Waals surface area contributed by atoms with Gasteiger partial charge >= 0.3 is 0 Å². The highest BCUT2D eigenvalue weighted by Gasteiger charge is 2.45. The van der Waals surface area contributed by atoms with Crippen LogP contribution in [0.1, 0.15) is 33.3 Å². The van der Waals surface area contributed by atoms with Crippen LogP contribution in [0.15, 0.2) is 86.3 Å². The van der Waals surface area contributed by atoms with Crippen LogP contribution in [-0.4, -0.2) is 16.1 Å². The number of hydrogen-bond acceptors (Lipinski definition) is 7. The van der Waals surface area contributed by atoms with Gasteiger partial charge in [-0.25, -0.2) is 4.39 Å². The maximum atomic E-state index is 14.0. The number of fused-ring (bicyclic) bond motifs is 2. The van der Waals surface area contributed by atoms with Crippen molar-refractivity contribution in [3.05, 3.63) is 116 Å². The molecule has 1 aliphatic rings. The SMILES string of the molecule is O=C1c2oc3ccc(F)cc3c(=O)c2C(c2cccc(Cl)c2)N1c1nnc(SCc2ccccc2)s1. The van der Waals surface area contributed by atoms with E-state index in [1.54, 1.807) is 24.3 Å². The summed E-state index contributed by atoms with van der Waals surface area (Å²) < 4.78 is 20.5. The average Bonchev–Trinajstić information content (AvgIpc) is 3.46. The first-order valence-corrected chi connectivity index (χ1v) is 13.0. The lowest BCUT2D eigenvalue weighted by molar-refractivity contribution is 0.0970. The van der Waals surface area contributed by atoms with Crippen LogP contribution in [0.3, 0.4) is 0 Å². The lowest BCUT2D eigenvalue weighted by Crippen LogP contribution is -2.29. The van der Waals surface area contributed by atoms with E-state index in [1.807, 2.05) is 30.3 Å². The summed E-state index contributed by atoms with van der Waals surface area (Å²) in [7, 11) is 0. The van der Waals surface area contributed by atoms with E-state index in [0.29, 0.717) is 25.8 Å². The van der Waals surface area contributed by atoms with Gasteiger partial charge in [0.15, 0.2) is 9.77 Å². The van der Waals surface area contributed by atoms with Crippen molar-refractivity contribution in [2.75, 3.05) is 4.90 Å². The molecule has 1 amide bonds. The van der Waals surface area contributed by atoms with Gasteiger partial charge in [-0.15, -0.1) is 10.2 Å². The molecule has 0 saturated heterocycles. The minimum absolute atomic E-state index is 0.0618. The largest absolute Gasteiger partial charge is 0.450 e. The first kappa shape index (κ1) is 22.9. The molecule has 1 aliphatic heterocycles. The van der Waals surface area contributed by atoms with Crippen molar-refractivity contribution < 1.29 is 13.6 Å². The van der Waals surface area contributed by atoms with Crippen molar-refractivity contribution in [3.8, 4) is 0 Å². The van der Waals surface area contributed by atoms with Crippen LogP contribution in [-0.2, 0) is 5.75 Å². The highest BCUT2D eigenvalue weighted by molar-refractivity contribution is 8.00. The summed E-state index contributed by atoms with van der Waals surface area (Å²) in [5, 5.41) is 9.36. The summed E-state index contributed by atoms with van der Waals surface area (Å²) in [5.41, 5.74) is 1.51. The number of anilines is 1. The number of carbonyl (C=O) groups excluding carboxylic acids is 1. The van der Waals surface area contributed by atoms with Gasteiger partial charge in [0.25, 0.3) is 5.91 Å². The van der Waals surface area contributed by atoms with E-state index in [2.05, 4.69) is 10.2 Å². The number of aromatic nitrogens is 2. The highest BCUT2D eigenvalue weighted by Crippen LogP contribution is 2.43. The second kappa shape index (κ2) is 9.16. The zero-order chi connectivity index (χ0) is 24.8. The summed E-state index contributed by atoms with van der Waals surface area (Å²) in [5.74, 6) is -0.496. The van der Waals surface area contributed by atoms with E-state index in [9.17, 15) is 14.0 Å². The molecule has 178 valence electrons. The topological polar surface area (TPSA) is 76.3 Å². The first-order chi connectivity index (χ1) is 17.5. The van der Waals surface area contributed by atoms with E-state index in [0.717, 1.165) is 11.6 Å². The second-order valence-corrected chi connectivity index (χ2v) is 10.7. The Balaban J connectivity index is 1.46. The molecule has 3 heterocycles. The third-order valence-electron chi connectivity index (χ3n) is 5.80. The molecule has 2 aromatic heterocycles. The van der Waals surface area contributed by atoms with Crippen LogP contribution in [0.2, 0.25) is 5.02 Å². The van der Waals surface area contributed by atoms with Crippen LogP contribution in [0, 0.1) is 5.82 Å². The Morgan fingerprint density at radius 1 is 1.03 bits per heavy atom. The third kappa shape index (κ3) is 3.99. The Morgan fingerprint density at radius 3 is 2.67 bits per heavy atom. The van der Waals surface area contributed by atoms with Crippen molar-refractivity contribution in [1.82, 2.24) is 10.2 Å². The molecular formula is C26H15ClFN3O3S2. The maximum absolute atomic E-state index is 14.0. The smallest absolute Gasteiger partial charge is 0.297 e. The van der Waals surface area contributed by atoms with Gasteiger partial charge in [-0.1, -0.05) is 77.2 Å². The minimum atomic E-state index is -0.852. The van der Waals surface area contributed by atoms with Crippen LogP contribution >= 0.6 is 34.7 Å². The van der Waals surface area contributed by atoms with E-state index in [1.165, 1.54) is 40.1 Å². The molecule has 0 bridgehead atoms. The Labute approximate surface area is 217 Å². The molecule has 36 heavy (non-hydrogen) atoms. The van der Waals surface area contributed by atoms with Crippen molar-refractivity contribution in [2.24, 2.45) is 0 Å². The molecule has 5 aromatic rings. The van der Waals surface area contributed by atoms with Gasteiger partial charge in [0, 0.05) is 10.8 Å². The molecule has 0 saturated carbocycles. The number of benzene rings is 3. The van der Waals surface area contributed by atoms with Crippen LogP contribution in [0.5, 0.6) is 0 Å². The summed E-state index contributed by atoms with van der Waals surface area (Å²) in [6.45, 7) is 0. The van der Waals surface area contributed by atoms with Gasteiger partial charge in [-0.3, -0.25) is 14.5 Å². The molecule has 0 fully saturated rings. The fraction of sp³-hybridized carbons (Fsp3) is 0.0769. The molecule has 6 nitrogen and oxygen atoms in total. The maximum Gasteiger partial charge on any atom is 0.297 e. The summed E-state index contributed by atoms with van der Waals surface area (Å²) in [6.07, 6.45) is 0. The quantitative estimate of drug-likeness (QED) is 0.189. The minimum Gasteiger partial charge on any atom is -0.450 e. The Hall–Kier alpha value is -3.53. The zero-order valence-electron chi connectivity index (χ0n) is 18.4. The van der Waals surface area contributed by atoms with Crippen molar-refractivity contribution in [3.63, 3.8) is 0 Å². The number of rotatable bonds is 5. The third-order valence-corrected chi connectivity index (χ3v) is 8.17. The van der Waals surface area contributed by atoms with Gasteiger partial charge in [0.05, 0.1) is 17.0 Å². The van der Waals surface area contributed by atoms with Gasteiger partial charge in [0.1, 0.15) is 11.4 Å². The van der Waals surface area contributed by atoms with Crippen molar-refractivity contribution >= 4 is 56.7 Å². The lowest BCUT2D eigenvalue weighted by atomic mass is 9.99. The lowest BCUT2D eigenvalue weighted by Gasteiger charge is -2.22. The molecule has 0 N–H and O–H groups in total. The Bertz CT molecular complexity index is 1690. The van der Waals surface area contributed by atoms with Gasteiger partial charge < -0.3 is 4.42 Å². The zero-order valence-corrected chi connectivity index (χ0v) is 20.7. The highest BCUT2D eigenvalue weighted by atomic mass is 35.5. The van der Waals surface area contributed by atoms with E-state index in [-0.39, 0.29) is 22.3 Å². The molecule has 1 atom stereocenters. The van der Waals surface area contributed by atoms with Crippen molar-refractivity contribution in [1.29, 1.82) is 0 Å². The van der Waals surface area contributed by atoms with Gasteiger partial charge in [-0.2, -0.15) is 0 Å². The first-order valence-electron chi connectivity index (χ1n) is 10.8. The molecule has 10 heteroatoms. The molecule has 0 radical (unpaired) electrons. The molecule has 0 aliphatic carbocycles. The van der Waals surface area contributed by atoms with E-state index < -0.39 is 23.2 Å².